The van der Waals surface area contributed by atoms with E-state index in [-0.39, 0.29) is 11.6 Å². The lowest BCUT2D eigenvalue weighted by atomic mass is 10.2. The zero-order chi connectivity index (χ0) is 13.0. The number of anilines is 2. The third-order valence-corrected chi connectivity index (χ3v) is 2.58. The van der Waals surface area contributed by atoms with Gasteiger partial charge in [0, 0.05) is 12.6 Å². The SMILES string of the molecule is CCCN(C(=O)c1ccon1)c1ccccc1N. The minimum Gasteiger partial charge on any atom is -0.397 e. The third-order valence-electron chi connectivity index (χ3n) is 2.58. The lowest BCUT2D eigenvalue weighted by Gasteiger charge is -2.22. The number of benzene rings is 1. The Labute approximate surface area is 105 Å². The number of carbonyl (C=O) groups is 1. The topological polar surface area (TPSA) is 72.4 Å². The van der Waals surface area contributed by atoms with E-state index in [1.807, 2.05) is 25.1 Å². The van der Waals surface area contributed by atoms with Crippen LogP contribution in [0.15, 0.2) is 41.1 Å². The van der Waals surface area contributed by atoms with E-state index in [0.717, 1.165) is 6.42 Å². The normalized spacial score (nSPS) is 10.3. The standard InChI is InChI=1S/C13H15N3O2/c1-2-8-16(12-6-4-3-5-10(12)14)13(17)11-7-9-18-15-11/h3-7,9H,2,8,14H2,1H3. The Hall–Kier alpha value is -2.30. The maximum absolute atomic E-state index is 12.3. The highest BCUT2D eigenvalue weighted by atomic mass is 16.5. The van der Waals surface area contributed by atoms with Gasteiger partial charge >= 0.3 is 0 Å². The maximum atomic E-state index is 12.3. The van der Waals surface area contributed by atoms with E-state index in [2.05, 4.69) is 5.16 Å². The van der Waals surface area contributed by atoms with Gasteiger partial charge in [-0.25, -0.2) is 0 Å². The molecule has 5 heteroatoms. The van der Waals surface area contributed by atoms with Crippen LogP contribution in [-0.2, 0) is 0 Å². The Morgan fingerprint density at radius 3 is 2.78 bits per heavy atom. The molecule has 1 aromatic heterocycles. The molecule has 2 N–H and O–H groups in total. The Balaban J connectivity index is 2.34. The van der Waals surface area contributed by atoms with E-state index in [9.17, 15) is 4.79 Å². The quantitative estimate of drug-likeness (QED) is 0.839. The van der Waals surface area contributed by atoms with Crippen molar-refractivity contribution in [3.8, 4) is 0 Å². The van der Waals surface area contributed by atoms with E-state index in [0.29, 0.717) is 17.9 Å². The summed E-state index contributed by atoms with van der Waals surface area (Å²) < 4.78 is 4.70. The Morgan fingerprint density at radius 1 is 1.39 bits per heavy atom. The van der Waals surface area contributed by atoms with Gasteiger partial charge in [-0.3, -0.25) is 4.79 Å². The lowest BCUT2D eigenvalue weighted by molar-refractivity contribution is 0.0978. The highest BCUT2D eigenvalue weighted by molar-refractivity contribution is 6.06. The summed E-state index contributed by atoms with van der Waals surface area (Å²) in [5.41, 5.74) is 7.46. The molecule has 0 radical (unpaired) electrons. The van der Waals surface area contributed by atoms with Crippen LogP contribution in [0.5, 0.6) is 0 Å². The van der Waals surface area contributed by atoms with Crippen molar-refractivity contribution in [2.45, 2.75) is 13.3 Å². The Morgan fingerprint density at radius 2 is 2.17 bits per heavy atom. The molecule has 0 saturated carbocycles. The number of para-hydroxylation sites is 2. The van der Waals surface area contributed by atoms with Crippen LogP contribution >= 0.6 is 0 Å². The first kappa shape index (κ1) is 12.2. The van der Waals surface area contributed by atoms with Gasteiger partial charge in [0.15, 0.2) is 5.69 Å². The summed E-state index contributed by atoms with van der Waals surface area (Å²) in [6, 6.07) is 8.83. The van der Waals surface area contributed by atoms with Crippen molar-refractivity contribution in [1.82, 2.24) is 5.16 Å². The molecule has 0 unspecified atom stereocenters. The minimum atomic E-state index is -0.205. The first-order valence-corrected chi connectivity index (χ1v) is 5.80. The molecule has 94 valence electrons. The average molecular weight is 245 g/mol. The molecule has 1 heterocycles. The van der Waals surface area contributed by atoms with Crippen LogP contribution in [0.2, 0.25) is 0 Å². The molecule has 0 bridgehead atoms. The van der Waals surface area contributed by atoms with Gasteiger partial charge < -0.3 is 15.2 Å². The van der Waals surface area contributed by atoms with Crippen molar-refractivity contribution < 1.29 is 9.32 Å². The zero-order valence-corrected chi connectivity index (χ0v) is 10.2. The summed E-state index contributed by atoms with van der Waals surface area (Å²) in [6.45, 7) is 2.59. The monoisotopic (exact) mass is 245 g/mol. The first-order chi connectivity index (χ1) is 8.74. The fraction of sp³-hybridized carbons (Fsp3) is 0.231. The number of amides is 1. The third kappa shape index (κ3) is 2.34. The summed E-state index contributed by atoms with van der Waals surface area (Å²) >= 11 is 0. The van der Waals surface area contributed by atoms with Crippen LogP contribution in [-0.4, -0.2) is 17.6 Å². The molecule has 0 atom stereocenters. The van der Waals surface area contributed by atoms with E-state index in [1.54, 1.807) is 17.0 Å². The van der Waals surface area contributed by atoms with Crippen LogP contribution < -0.4 is 10.6 Å². The van der Waals surface area contributed by atoms with Crippen LogP contribution in [0.3, 0.4) is 0 Å². The Kier molecular flexibility index (Phi) is 3.62. The second-order valence-electron chi connectivity index (χ2n) is 3.90. The van der Waals surface area contributed by atoms with Crippen LogP contribution in [0.4, 0.5) is 11.4 Å². The van der Waals surface area contributed by atoms with Crippen molar-refractivity contribution in [1.29, 1.82) is 0 Å². The maximum Gasteiger partial charge on any atom is 0.280 e. The number of carbonyl (C=O) groups excluding carboxylic acids is 1. The Bertz CT molecular complexity index is 523. The fourth-order valence-corrected chi connectivity index (χ4v) is 1.75. The van der Waals surface area contributed by atoms with E-state index in [4.69, 9.17) is 10.3 Å². The molecule has 2 rings (SSSR count). The van der Waals surface area contributed by atoms with E-state index in [1.165, 1.54) is 6.26 Å². The molecule has 18 heavy (non-hydrogen) atoms. The van der Waals surface area contributed by atoms with Crippen molar-refractivity contribution >= 4 is 17.3 Å². The number of rotatable bonds is 4. The van der Waals surface area contributed by atoms with Crippen LogP contribution in [0, 0.1) is 0 Å². The van der Waals surface area contributed by atoms with Crippen molar-refractivity contribution in [3.63, 3.8) is 0 Å². The number of hydrogen-bond acceptors (Lipinski definition) is 4. The molecule has 0 spiro atoms. The summed E-state index contributed by atoms with van der Waals surface area (Å²) in [5, 5.41) is 3.67. The molecule has 0 aliphatic carbocycles. The minimum absolute atomic E-state index is 0.205. The predicted octanol–water partition coefficient (Wildman–Crippen LogP) is 2.31. The number of nitrogen functional groups attached to an aromatic ring is 1. The van der Waals surface area contributed by atoms with Gasteiger partial charge in [0.25, 0.3) is 5.91 Å². The number of hydrogen-bond donors (Lipinski definition) is 1. The van der Waals surface area contributed by atoms with E-state index >= 15 is 0 Å². The highest BCUT2D eigenvalue weighted by Gasteiger charge is 2.20. The van der Waals surface area contributed by atoms with Gasteiger partial charge in [0.1, 0.15) is 6.26 Å². The summed E-state index contributed by atoms with van der Waals surface area (Å²) in [4.78, 5) is 13.9. The van der Waals surface area contributed by atoms with Crippen LogP contribution in [0.25, 0.3) is 0 Å². The summed E-state index contributed by atoms with van der Waals surface area (Å²) in [5.74, 6) is -0.205. The molecule has 1 amide bonds. The molecule has 5 nitrogen and oxygen atoms in total. The highest BCUT2D eigenvalue weighted by Crippen LogP contribution is 2.24. The molecular formula is C13H15N3O2. The summed E-state index contributed by atoms with van der Waals surface area (Å²) in [6.07, 6.45) is 2.21. The van der Waals surface area contributed by atoms with Gasteiger partial charge in [-0.15, -0.1) is 0 Å². The predicted molar refractivity (Wildman–Crippen MR) is 69.3 cm³/mol. The van der Waals surface area contributed by atoms with Crippen LogP contribution in [0.1, 0.15) is 23.8 Å². The van der Waals surface area contributed by atoms with Crippen molar-refractivity contribution in [2.75, 3.05) is 17.2 Å². The molecular weight excluding hydrogens is 230 g/mol. The molecule has 0 aliphatic rings. The fourth-order valence-electron chi connectivity index (χ4n) is 1.75. The molecule has 0 aliphatic heterocycles. The lowest BCUT2D eigenvalue weighted by Crippen LogP contribution is -2.32. The second-order valence-corrected chi connectivity index (χ2v) is 3.90. The first-order valence-electron chi connectivity index (χ1n) is 5.80. The summed E-state index contributed by atoms with van der Waals surface area (Å²) in [7, 11) is 0. The average Bonchev–Trinajstić information content (AvgIpc) is 2.90. The van der Waals surface area contributed by atoms with Gasteiger partial charge in [-0.1, -0.05) is 24.2 Å². The largest absolute Gasteiger partial charge is 0.397 e. The van der Waals surface area contributed by atoms with Gasteiger partial charge in [-0.05, 0) is 18.6 Å². The second kappa shape index (κ2) is 5.35. The van der Waals surface area contributed by atoms with Gasteiger partial charge in [0.05, 0.1) is 11.4 Å². The molecule has 0 fully saturated rings. The van der Waals surface area contributed by atoms with Crippen molar-refractivity contribution in [2.24, 2.45) is 0 Å². The van der Waals surface area contributed by atoms with Gasteiger partial charge in [-0.2, -0.15) is 0 Å². The number of nitrogens with zero attached hydrogens (tertiary/aromatic N) is 2. The van der Waals surface area contributed by atoms with Crippen molar-refractivity contribution in [3.05, 3.63) is 42.3 Å². The molecule has 1 aromatic carbocycles. The zero-order valence-electron chi connectivity index (χ0n) is 10.2. The number of aromatic nitrogens is 1. The smallest absolute Gasteiger partial charge is 0.280 e. The van der Waals surface area contributed by atoms with Gasteiger partial charge in [0.2, 0.25) is 0 Å². The van der Waals surface area contributed by atoms with E-state index < -0.39 is 0 Å². The number of nitrogens with two attached hydrogens (primary N) is 1. The molecule has 2 aromatic rings. The molecule has 0 saturated heterocycles.